The van der Waals surface area contributed by atoms with Gasteiger partial charge in [0.2, 0.25) is 5.95 Å². The molecular weight excluding hydrogens is 477 g/mol. The molecule has 2 saturated heterocycles. The second-order valence-corrected chi connectivity index (χ2v) is 10.2. The van der Waals surface area contributed by atoms with Gasteiger partial charge in [-0.25, -0.2) is 19.3 Å². The fourth-order valence-electron chi connectivity index (χ4n) is 5.77. The summed E-state index contributed by atoms with van der Waals surface area (Å²) >= 11 is 0. The summed E-state index contributed by atoms with van der Waals surface area (Å²) in [7, 11) is 0. The van der Waals surface area contributed by atoms with Crippen molar-refractivity contribution in [1.29, 1.82) is 0 Å². The summed E-state index contributed by atoms with van der Waals surface area (Å²) in [5.74, 6) is 1.18. The van der Waals surface area contributed by atoms with Gasteiger partial charge in [-0.2, -0.15) is 0 Å². The molecule has 3 aromatic rings. The molecule has 10 nitrogen and oxygen atoms in total. The van der Waals surface area contributed by atoms with Crippen LogP contribution in [0, 0.1) is 0 Å². The van der Waals surface area contributed by atoms with Crippen molar-refractivity contribution in [2.45, 2.75) is 68.9 Å². The number of nitrogens with one attached hydrogen (secondary N) is 1. The number of anilines is 1. The molecule has 0 radical (unpaired) electrons. The van der Waals surface area contributed by atoms with Crippen LogP contribution in [0.2, 0.25) is 0 Å². The van der Waals surface area contributed by atoms with E-state index in [-0.39, 0.29) is 23.9 Å². The predicted octanol–water partition coefficient (Wildman–Crippen LogP) is 3.06. The molecule has 2 bridgehead atoms. The smallest absolute Gasteiger partial charge is 0.278 e. The molecule has 7 rings (SSSR count). The van der Waals surface area contributed by atoms with Gasteiger partial charge in [0.1, 0.15) is 30.8 Å². The highest BCUT2D eigenvalue weighted by atomic mass is 19.1. The number of piperidine rings is 2. The number of phenolic OH excluding ortho intramolecular Hbond substituents is 1. The molecule has 4 aliphatic rings. The van der Waals surface area contributed by atoms with Crippen molar-refractivity contribution in [2.75, 3.05) is 18.1 Å². The second-order valence-electron chi connectivity index (χ2n) is 10.2. The van der Waals surface area contributed by atoms with Crippen molar-refractivity contribution in [3.63, 3.8) is 0 Å². The van der Waals surface area contributed by atoms with E-state index in [2.05, 4.69) is 35.4 Å². The number of ether oxygens (including phenoxy) is 2. The van der Waals surface area contributed by atoms with Crippen molar-refractivity contribution in [2.24, 2.45) is 0 Å². The standard InChI is InChI=1S/C26H28FN7O3/c27-23-18-3-1-2-15(30-18)11-21(23)34(16-5-6-16)26-29-13-20(32-33-26)17-7-4-14(10-22(17)35)19-12-28-24-25(31-19)37-9-8-36-24/h4,7,10,12-13,15-16,18,21,23,30,35H,1-3,5-6,8-9,11H2/t15-,18-,21-,23+/m0/s1. The van der Waals surface area contributed by atoms with Crippen molar-refractivity contribution in [1.82, 2.24) is 30.5 Å². The summed E-state index contributed by atoms with van der Waals surface area (Å²) in [5.41, 5.74) is 2.17. The minimum absolute atomic E-state index is 0.0205. The maximum Gasteiger partial charge on any atom is 0.278 e. The third kappa shape index (κ3) is 4.20. The largest absolute Gasteiger partial charge is 0.507 e. The lowest BCUT2D eigenvalue weighted by Gasteiger charge is -2.46. The molecule has 2 N–H and O–H groups in total. The van der Waals surface area contributed by atoms with Crippen LogP contribution in [0.15, 0.2) is 30.6 Å². The van der Waals surface area contributed by atoms with Gasteiger partial charge in [0.15, 0.2) is 0 Å². The Balaban J connectivity index is 1.13. The zero-order valence-electron chi connectivity index (χ0n) is 20.3. The number of phenols is 1. The lowest BCUT2D eigenvalue weighted by atomic mass is 9.82. The third-order valence-electron chi connectivity index (χ3n) is 7.71. The summed E-state index contributed by atoms with van der Waals surface area (Å²) in [6, 6.07) is 5.44. The molecule has 4 atom stereocenters. The summed E-state index contributed by atoms with van der Waals surface area (Å²) in [5, 5.41) is 23.0. The number of hydrogen-bond acceptors (Lipinski definition) is 10. The van der Waals surface area contributed by atoms with Gasteiger partial charge >= 0.3 is 0 Å². The minimum Gasteiger partial charge on any atom is -0.507 e. The topological polar surface area (TPSA) is 118 Å². The number of nitrogens with zero attached hydrogens (tertiary/aromatic N) is 6. The Morgan fingerprint density at radius 3 is 2.59 bits per heavy atom. The predicted molar refractivity (Wildman–Crippen MR) is 132 cm³/mol. The Bertz CT molecular complexity index is 1310. The lowest BCUT2D eigenvalue weighted by Crippen LogP contribution is -2.62. The Kier molecular flexibility index (Phi) is 5.53. The van der Waals surface area contributed by atoms with Crippen molar-refractivity contribution < 1.29 is 19.0 Å². The van der Waals surface area contributed by atoms with Gasteiger partial charge in [-0.15, -0.1) is 10.2 Å². The molecule has 0 unspecified atom stereocenters. The Labute approximate surface area is 213 Å². The monoisotopic (exact) mass is 505 g/mol. The average molecular weight is 506 g/mol. The zero-order valence-corrected chi connectivity index (χ0v) is 20.3. The summed E-state index contributed by atoms with van der Waals surface area (Å²) in [6.45, 7) is 0.857. The zero-order chi connectivity index (χ0) is 24.9. The quantitative estimate of drug-likeness (QED) is 0.536. The van der Waals surface area contributed by atoms with Crippen LogP contribution in [-0.2, 0) is 0 Å². The molecule has 0 amide bonds. The van der Waals surface area contributed by atoms with E-state index in [0.717, 1.165) is 38.5 Å². The average Bonchev–Trinajstić information content (AvgIpc) is 3.77. The molecule has 37 heavy (non-hydrogen) atoms. The van der Waals surface area contributed by atoms with Crippen LogP contribution in [0.3, 0.4) is 0 Å². The van der Waals surface area contributed by atoms with E-state index in [4.69, 9.17) is 9.47 Å². The number of benzene rings is 1. The Morgan fingerprint density at radius 1 is 0.973 bits per heavy atom. The van der Waals surface area contributed by atoms with Gasteiger partial charge in [-0.3, -0.25) is 0 Å². The van der Waals surface area contributed by atoms with Crippen LogP contribution >= 0.6 is 0 Å². The maximum atomic E-state index is 15.5. The molecule has 1 aliphatic carbocycles. The highest BCUT2D eigenvalue weighted by Gasteiger charge is 2.47. The lowest BCUT2D eigenvalue weighted by molar-refractivity contribution is 0.103. The number of aromatic hydroxyl groups is 1. The van der Waals surface area contributed by atoms with E-state index >= 15 is 4.39 Å². The number of hydrogen-bond donors (Lipinski definition) is 2. The van der Waals surface area contributed by atoms with E-state index in [1.807, 2.05) is 6.07 Å². The van der Waals surface area contributed by atoms with Crippen LogP contribution < -0.4 is 19.7 Å². The molecule has 2 aromatic heterocycles. The fourth-order valence-corrected chi connectivity index (χ4v) is 5.77. The summed E-state index contributed by atoms with van der Waals surface area (Å²) < 4.78 is 26.4. The number of aromatic nitrogens is 5. The fraction of sp³-hybridized carbons (Fsp3) is 0.500. The minimum atomic E-state index is -0.958. The first-order valence-corrected chi connectivity index (χ1v) is 13.0. The van der Waals surface area contributed by atoms with Gasteiger partial charge in [0.05, 0.1) is 24.1 Å². The van der Waals surface area contributed by atoms with Gasteiger partial charge in [-0.1, -0.05) is 12.5 Å². The van der Waals surface area contributed by atoms with Crippen LogP contribution in [0.25, 0.3) is 22.5 Å². The van der Waals surface area contributed by atoms with E-state index in [9.17, 15) is 5.11 Å². The van der Waals surface area contributed by atoms with Gasteiger partial charge < -0.3 is 24.8 Å². The van der Waals surface area contributed by atoms with Gasteiger partial charge in [0.25, 0.3) is 11.8 Å². The molecule has 11 heteroatoms. The van der Waals surface area contributed by atoms with E-state index in [0.29, 0.717) is 59.5 Å². The molecule has 1 aromatic carbocycles. The van der Waals surface area contributed by atoms with E-state index < -0.39 is 6.17 Å². The van der Waals surface area contributed by atoms with Crippen molar-refractivity contribution in [3.05, 3.63) is 30.6 Å². The van der Waals surface area contributed by atoms with Gasteiger partial charge in [-0.05, 0) is 44.2 Å². The molecule has 3 aliphatic heterocycles. The second kappa shape index (κ2) is 9.05. The third-order valence-corrected chi connectivity index (χ3v) is 7.71. The molecule has 192 valence electrons. The number of rotatable bonds is 5. The number of alkyl halides is 1. The molecule has 1 saturated carbocycles. The van der Waals surface area contributed by atoms with Crippen LogP contribution in [-0.4, -0.2) is 73.8 Å². The normalized spacial score (nSPS) is 26.5. The summed E-state index contributed by atoms with van der Waals surface area (Å²) in [4.78, 5) is 15.4. The van der Waals surface area contributed by atoms with Crippen LogP contribution in [0.5, 0.6) is 17.5 Å². The summed E-state index contributed by atoms with van der Waals surface area (Å²) in [6.07, 6.45) is 8.05. The molecule has 0 spiro atoms. The molecule has 5 heterocycles. The Hall–Kier alpha value is -3.60. The first-order valence-electron chi connectivity index (χ1n) is 13.0. The number of halogens is 1. The highest BCUT2D eigenvalue weighted by Crippen LogP contribution is 2.39. The van der Waals surface area contributed by atoms with Crippen molar-refractivity contribution >= 4 is 5.95 Å². The maximum absolute atomic E-state index is 15.5. The number of fused-ring (bicyclic) bond motifs is 3. The van der Waals surface area contributed by atoms with Crippen molar-refractivity contribution in [3.8, 4) is 40.0 Å². The SMILES string of the molecule is Oc1cc(-c2cnc3c(n2)OCCO3)ccc1-c1cnc(N(C2CC2)[C@H]2C[C@@H]3CCC[C@H](N3)[C@H]2F)nn1. The Morgan fingerprint density at radius 2 is 1.81 bits per heavy atom. The first kappa shape index (κ1) is 22.6. The van der Waals surface area contributed by atoms with Crippen LogP contribution in [0.1, 0.15) is 38.5 Å². The highest BCUT2D eigenvalue weighted by molar-refractivity contribution is 5.72. The van der Waals surface area contributed by atoms with E-state index in [1.165, 1.54) is 0 Å². The van der Waals surface area contributed by atoms with Crippen LogP contribution in [0.4, 0.5) is 10.3 Å². The first-order chi connectivity index (χ1) is 18.1. The van der Waals surface area contributed by atoms with E-state index in [1.54, 1.807) is 24.5 Å². The molecule has 3 fully saturated rings. The van der Waals surface area contributed by atoms with Gasteiger partial charge in [0, 0.05) is 29.3 Å². The molecular formula is C26H28FN7O3.